The first-order chi connectivity index (χ1) is 12.4. The Morgan fingerprint density at radius 3 is 2.35 bits per heavy atom. The van der Waals surface area contributed by atoms with Crippen LogP contribution in [0.1, 0.15) is 18.4 Å². The van der Waals surface area contributed by atoms with Crippen molar-refractivity contribution in [2.45, 2.75) is 25.7 Å². The van der Waals surface area contributed by atoms with Crippen LogP contribution in [0.15, 0.2) is 45.8 Å². The van der Waals surface area contributed by atoms with Gasteiger partial charge in [0.1, 0.15) is 5.69 Å². The molecule has 2 aromatic heterocycles. The van der Waals surface area contributed by atoms with Crippen LogP contribution >= 0.6 is 0 Å². The fourth-order valence-corrected chi connectivity index (χ4v) is 3.86. The van der Waals surface area contributed by atoms with E-state index in [-0.39, 0.29) is 10.7 Å². The lowest BCUT2D eigenvalue weighted by Crippen LogP contribution is -2.14. The third kappa shape index (κ3) is 3.67. The van der Waals surface area contributed by atoms with Crippen molar-refractivity contribution in [1.29, 1.82) is 0 Å². The maximum atomic E-state index is 12.5. The number of nitrogens with one attached hydrogen (secondary N) is 1. The van der Waals surface area contributed by atoms with Gasteiger partial charge in [0.15, 0.2) is 10.7 Å². The smallest absolute Gasteiger partial charge is 0.267 e. The van der Waals surface area contributed by atoms with E-state index >= 15 is 0 Å². The zero-order chi connectivity index (χ0) is 18.7. The highest BCUT2D eigenvalue weighted by molar-refractivity contribution is 7.92. The highest BCUT2D eigenvalue weighted by Gasteiger charge is 2.24. The van der Waals surface area contributed by atoms with Gasteiger partial charge >= 0.3 is 0 Å². The molecule has 0 atom stereocenters. The number of benzene rings is 1. The molecule has 0 aliphatic rings. The van der Waals surface area contributed by atoms with Crippen molar-refractivity contribution in [3.8, 4) is 17.1 Å². The van der Waals surface area contributed by atoms with Gasteiger partial charge in [-0.05, 0) is 39.0 Å². The molecule has 26 heavy (non-hydrogen) atoms. The van der Waals surface area contributed by atoms with E-state index in [0.717, 1.165) is 5.56 Å². The van der Waals surface area contributed by atoms with E-state index in [0.29, 0.717) is 29.6 Å². The van der Waals surface area contributed by atoms with Gasteiger partial charge in [-0.1, -0.05) is 17.3 Å². The summed E-state index contributed by atoms with van der Waals surface area (Å²) >= 11 is 0. The average Bonchev–Trinajstić information content (AvgIpc) is 2.96. The molecule has 0 saturated heterocycles. The lowest BCUT2D eigenvalue weighted by Gasteiger charge is -2.08. The van der Waals surface area contributed by atoms with Crippen molar-refractivity contribution >= 4 is 15.7 Å². The zero-order valence-corrected chi connectivity index (χ0v) is 15.4. The standard InChI is InChI=1S/C17H18N4O4S/c1-4-24-16-10-9-15(18-19-16)13-5-7-14(8-6-13)21-26(22,23)17-11(2)20-25-12(17)3/h5-10,21H,4H2,1-3H3. The van der Waals surface area contributed by atoms with E-state index in [9.17, 15) is 8.42 Å². The first-order valence-corrected chi connectivity index (χ1v) is 9.41. The molecule has 0 saturated carbocycles. The van der Waals surface area contributed by atoms with Crippen molar-refractivity contribution in [2.75, 3.05) is 11.3 Å². The summed E-state index contributed by atoms with van der Waals surface area (Å²) < 4.78 is 37.7. The number of ether oxygens (including phenoxy) is 1. The van der Waals surface area contributed by atoms with Gasteiger partial charge < -0.3 is 9.26 Å². The lowest BCUT2D eigenvalue weighted by molar-refractivity contribution is 0.323. The molecule has 0 aliphatic heterocycles. The zero-order valence-electron chi connectivity index (χ0n) is 14.6. The minimum atomic E-state index is -3.77. The molecule has 1 aromatic carbocycles. The topological polar surface area (TPSA) is 107 Å². The summed E-state index contributed by atoms with van der Waals surface area (Å²) in [7, 11) is -3.77. The van der Waals surface area contributed by atoms with E-state index < -0.39 is 10.0 Å². The number of aryl methyl sites for hydroxylation is 2. The number of nitrogens with zero attached hydrogens (tertiary/aromatic N) is 3. The van der Waals surface area contributed by atoms with Crippen molar-refractivity contribution < 1.29 is 17.7 Å². The summed E-state index contributed by atoms with van der Waals surface area (Å²) in [6.45, 7) is 5.53. The van der Waals surface area contributed by atoms with Crippen LogP contribution in [-0.2, 0) is 10.0 Å². The van der Waals surface area contributed by atoms with Crippen molar-refractivity contribution in [2.24, 2.45) is 0 Å². The van der Waals surface area contributed by atoms with Gasteiger partial charge in [0, 0.05) is 17.3 Å². The second kappa shape index (κ2) is 7.12. The largest absolute Gasteiger partial charge is 0.477 e. The summed E-state index contributed by atoms with van der Waals surface area (Å²) in [6.07, 6.45) is 0. The third-order valence-corrected chi connectivity index (χ3v) is 5.23. The molecule has 9 heteroatoms. The van der Waals surface area contributed by atoms with Gasteiger partial charge in [-0.15, -0.1) is 10.2 Å². The Morgan fingerprint density at radius 1 is 1.08 bits per heavy atom. The van der Waals surface area contributed by atoms with Crippen LogP contribution < -0.4 is 9.46 Å². The molecule has 0 fully saturated rings. The van der Waals surface area contributed by atoms with Gasteiger partial charge in [-0.25, -0.2) is 8.42 Å². The van der Waals surface area contributed by atoms with Crippen LogP contribution in [0.2, 0.25) is 0 Å². The number of anilines is 1. The Bertz CT molecular complexity index is 977. The van der Waals surface area contributed by atoms with Crippen LogP contribution in [0, 0.1) is 13.8 Å². The molecule has 0 aliphatic carbocycles. The molecule has 0 radical (unpaired) electrons. The number of sulfonamides is 1. The fraction of sp³-hybridized carbons (Fsp3) is 0.235. The minimum absolute atomic E-state index is 0.0546. The van der Waals surface area contributed by atoms with Gasteiger partial charge in [0.05, 0.1) is 12.3 Å². The Balaban J connectivity index is 1.79. The van der Waals surface area contributed by atoms with E-state index in [1.165, 1.54) is 0 Å². The number of hydrogen-bond acceptors (Lipinski definition) is 7. The molecule has 3 aromatic rings. The highest BCUT2D eigenvalue weighted by atomic mass is 32.2. The third-order valence-electron chi connectivity index (χ3n) is 3.60. The summed E-state index contributed by atoms with van der Waals surface area (Å²) in [5.74, 6) is 0.705. The molecule has 2 heterocycles. The number of rotatable bonds is 6. The Morgan fingerprint density at radius 2 is 1.81 bits per heavy atom. The second-order valence-corrected chi connectivity index (χ2v) is 7.15. The Hall–Kier alpha value is -2.94. The average molecular weight is 374 g/mol. The van der Waals surface area contributed by atoms with Gasteiger partial charge in [0.2, 0.25) is 5.88 Å². The van der Waals surface area contributed by atoms with Crippen LogP contribution in [0.3, 0.4) is 0 Å². The van der Waals surface area contributed by atoms with Gasteiger partial charge in [-0.2, -0.15) is 0 Å². The van der Waals surface area contributed by atoms with Gasteiger partial charge in [0.25, 0.3) is 10.0 Å². The molecule has 0 spiro atoms. The van der Waals surface area contributed by atoms with Crippen molar-refractivity contribution in [3.63, 3.8) is 0 Å². The Kier molecular flexibility index (Phi) is 4.90. The summed E-state index contributed by atoms with van der Waals surface area (Å²) in [6, 6.07) is 10.4. The maximum Gasteiger partial charge on any atom is 0.267 e. The van der Waals surface area contributed by atoms with Gasteiger partial charge in [-0.3, -0.25) is 4.72 Å². The highest BCUT2D eigenvalue weighted by Crippen LogP contribution is 2.24. The molecule has 0 bridgehead atoms. The molecule has 0 amide bonds. The first kappa shape index (κ1) is 17.9. The van der Waals surface area contributed by atoms with Crippen LogP contribution in [0.4, 0.5) is 5.69 Å². The first-order valence-electron chi connectivity index (χ1n) is 7.93. The SMILES string of the molecule is CCOc1ccc(-c2ccc(NS(=O)(=O)c3c(C)noc3C)cc2)nn1. The maximum absolute atomic E-state index is 12.5. The molecule has 3 rings (SSSR count). The molecule has 0 unspecified atom stereocenters. The predicted molar refractivity (Wildman–Crippen MR) is 95.4 cm³/mol. The number of aromatic nitrogens is 3. The second-order valence-electron chi connectivity index (χ2n) is 5.53. The Labute approximate surface area is 151 Å². The van der Waals surface area contributed by atoms with E-state index in [1.54, 1.807) is 50.2 Å². The molecule has 8 nitrogen and oxygen atoms in total. The summed E-state index contributed by atoms with van der Waals surface area (Å²) in [5, 5.41) is 11.8. The van der Waals surface area contributed by atoms with Crippen LogP contribution in [0.25, 0.3) is 11.3 Å². The summed E-state index contributed by atoms with van der Waals surface area (Å²) in [4.78, 5) is 0.0546. The van der Waals surface area contributed by atoms with E-state index in [4.69, 9.17) is 9.26 Å². The summed E-state index contributed by atoms with van der Waals surface area (Å²) in [5.41, 5.74) is 2.21. The van der Waals surface area contributed by atoms with Crippen molar-refractivity contribution in [1.82, 2.24) is 15.4 Å². The predicted octanol–water partition coefficient (Wildman–Crippen LogP) is 2.95. The minimum Gasteiger partial charge on any atom is -0.477 e. The van der Waals surface area contributed by atoms with E-state index in [1.807, 2.05) is 6.92 Å². The lowest BCUT2D eigenvalue weighted by atomic mass is 10.1. The number of hydrogen-bond donors (Lipinski definition) is 1. The molecular weight excluding hydrogens is 356 g/mol. The fourth-order valence-electron chi connectivity index (χ4n) is 2.47. The monoisotopic (exact) mass is 374 g/mol. The quantitative estimate of drug-likeness (QED) is 0.707. The van der Waals surface area contributed by atoms with Crippen molar-refractivity contribution in [3.05, 3.63) is 47.9 Å². The van der Waals surface area contributed by atoms with E-state index in [2.05, 4.69) is 20.1 Å². The molecular formula is C17H18N4O4S. The normalized spacial score (nSPS) is 11.3. The van der Waals surface area contributed by atoms with Crippen LogP contribution in [-0.4, -0.2) is 30.4 Å². The van der Waals surface area contributed by atoms with Crippen LogP contribution in [0.5, 0.6) is 5.88 Å². The molecule has 1 N–H and O–H groups in total. The molecule has 136 valence electrons.